The second kappa shape index (κ2) is 6.71. The number of halogens is 3. The fourth-order valence-corrected chi connectivity index (χ4v) is 4.82. The number of alkyl halides is 3. The molecular formula is C27H25F3NO+. The first kappa shape index (κ1) is 20.8. The highest BCUT2D eigenvalue weighted by Gasteiger charge is 2.48. The number of aryl methyl sites for hydroxylation is 2. The number of rotatable bonds is 2. The van der Waals surface area contributed by atoms with Gasteiger partial charge in [0.05, 0.1) is 16.4 Å². The second-order valence-electron chi connectivity index (χ2n) is 9.44. The van der Waals surface area contributed by atoms with Crippen LogP contribution >= 0.6 is 0 Å². The molecule has 0 N–H and O–H groups in total. The van der Waals surface area contributed by atoms with E-state index in [2.05, 4.69) is 30.5 Å². The molecule has 2 heterocycles. The van der Waals surface area contributed by atoms with Crippen molar-refractivity contribution in [3.05, 3.63) is 65.2 Å². The minimum atomic E-state index is -4.34. The molecule has 5 rings (SSSR count). The number of pyridine rings is 1. The van der Waals surface area contributed by atoms with E-state index in [4.69, 9.17) is 4.74 Å². The molecule has 0 spiro atoms. The zero-order valence-corrected chi connectivity index (χ0v) is 18.8. The van der Waals surface area contributed by atoms with Gasteiger partial charge in [-0.1, -0.05) is 44.2 Å². The van der Waals surface area contributed by atoms with Gasteiger partial charge in [-0.2, -0.15) is 17.7 Å². The Hall–Kier alpha value is -3.08. The van der Waals surface area contributed by atoms with Crippen LogP contribution < -0.4 is 9.30 Å². The first-order chi connectivity index (χ1) is 15.0. The molecule has 1 aromatic heterocycles. The summed E-state index contributed by atoms with van der Waals surface area (Å²) in [5.41, 5.74) is 3.71. The maximum Gasteiger partial charge on any atom is 0.394 e. The average Bonchev–Trinajstić information content (AvgIpc) is 2.73. The van der Waals surface area contributed by atoms with Gasteiger partial charge in [-0.3, -0.25) is 0 Å². The molecule has 164 valence electrons. The van der Waals surface area contributed by atoms with E-state index in [1.165, 1.54) is 13.8 Å². The van der Waals surface area contributed by atoms with Crippen molar-refractivity contribution in [3.8, 4) is 22.8 Å². The van der Waals surface area contributed by atoms with Gasteiger partial charge in [0.25, 0.3) is 5.69 Å². The molecule has 4 aromatic rings. The predicted octanol–water partition coefficient (Wildman–Crippen LogP) is 7.34. The molecular weight excluding hydrogens is 411 g/mol. The lowest BCUT2D eigenvalue weighted by molar-refractivity contribution is -0.633. The molecule has 0 atom stereocenters. The van der Waals surface area contributed by atoms with Gasteiger partial charge in [0.2, 0.25) is 11.3 Å². The molecule has 0 bridgehead atoms. The highest BCUT2D eigenvalue weighted by Crippen LogP contribution is 2.51. The van der Waals surface area contributed by atoms with Gasteiger partial charge in [0.15, 0.2) is 0 Å². The van der Waals surface area contributed by atoms with Crippen molar-refractivity contribution < 1.29 is 22.5 Å². The van der Waals surface area contributed by atoms with Crippen molar-refractivity contribution in [2.75, 3.05) is 0 Å². The Morgan fingerprint density at radius 1 is 0.969 bits per heavy atom. The van der Waals surface area contributed by atoms with Gasteiger partial charge < -0.3 is 4.74 Å². The molecule has 0 fully saturated rings. The van der Waals surface area contributed by atoms with Crippen LogP contribution in [0.15, 0.2) is 48.5 Å². The number of hydrogen-bond donors (Lipinski definition) is 0. The van der Waals surface area contributed by atoms with Crippen LogP contribution in [0.1, 0.15) is 30.5 Å². The number of hydrogen-bond acceptors (Lipinski definition) is 1. The van der Waals surface area contributed by atoms with Crippen molar-refractivity contribution in [3.63, 3.8) is 0 Å². The summed E-state index contributed by atoms with van der Waals surface area (Å²) in [5.74, 6) is 1.21. The maximum atomic E-state index is 13.9. The standard InChI is InChI=1S/C27H25F3NO/c1-15-13-17-9-8-12-21-23(17)22(16(15)2)24-25(32-21)19(14-26(3,4)27(28,29)30)18-10-6-7-11-20(18)31(24)5/h6-13H,14H2,1-5H3/q+1. The quantitative estimate of drug-likeness (QED) is 0.264. The predicted molar refractivity (Wildman–Crippen MR) is 121 cm³/mol. The first-order valence-electron chi connectivity index (χ1n) is 10.7. The first-order valence-corrected chi connectivity index (χ1v) is 10.7. The molecule has 0 radical (unpaired) electrons. The molecule has 1 aliphatic heterocycles. The fourth-order valence-electron chi connectivity index (χ4n) is 4.82. The van der Waals surface area contributed by atoms with Crippen LogP contribution in [0.3, 0.4) is 0 Å². The summed E-state index contributed by atoms with van der Waals surface area (Å²) >= 11 is 0. The lowest BCUT2D eigenvalue weighted by Crippen LogP contribution is -2.37. The van der Waals surface area contributed by atoms with Crippen molar-refractivity contribution in [2.24, 2.45) is 12.5 Å². The summed E-state index contributed by atoms with van der Waals surface area (Å²) < 4.78 is 50.3. The van der Waals surface area contributed by atoms with E-state index >= 15 is 0 Å². The Labute approximate surface area is 185 Å². The van der Waals surface area contributed by atoms with E-state index < -0.39 is 11.6 Å². The smallest absolute Gasteiger partial charge is 0.394 e. The number of benzene rings is 3. The molecule has 1 aliphatic rings. The van der Waals surface area contributed by atoms with Crippen molar-refractivity contribution in [2.45, 2.75) is 40.3 Å². The van der Waals surface area contributed by atoms with E-state index in [9.17, 15) is 13.2 Å². The molecule has 0 saturated carbocycles. The van der Waals surface area contributed by atoms with Crippen LogP contribution in [0.2, 0.25) is 0 Å². The molecule has 0 saturated heterocycles. The van der Waals surface area contributed by atoms with Gasteiger partial charge in [0, 0.05) is 17.0 Å². The summed E-state index contributed by atoms with van der Waals surface area (Å²) in [5, 5.41) is 2.86. The Morgan fingerprint density at radius 3 is 2.41 bits per heavy atom. The number of nitrogens with zero attached hydrogens (tertiary/aromatic N) is 1. The summed E-state index contributed by atoms with van der Waals surface area (Å²) in [6.07, 6.45) is -4.51. The third-order valence-corrected chi connectivity index (χ3v) is 6.90. The second-order valence-corrected chi connectivity index (χ2v) is 9.44. The largest absolute Gasteiger partial charge is 0.449 e. The Bertz CT molecular complexity index is 1420. The van der Waals surface area contributed by atoms with Crippen molar-refractivity contribution >= 4 is 21.7 Å². The van der Waals surface area contributed by atoms with Gasteiger partial charge in [-0.15, -0.1) is 0 Å². The molecule has 2 nitrogen and oxygen atoms in total. The summed E-state index contributed by atoms with van der Waals surface area (Å²) in [6.45, 7) is 6.66. The lowest BCUT2D eigenvalue weighted by Gasteiger charge is -2.30. The molecule has 0 amide bonds. The fraction of sp³-hybridized carbons (Fsp3) is 0.296. The van der Waals surface area contributed by atoms with Gasteiger partial charge in [-0.25, -0.2) is 0 Å². The maximum absolute atomic E-state index is 13.9. The summed E-state index contributed by atoms with van der Waals surface area (Å²) in [4.78, 5) is 0. The van der Waals surface area contributed by atoms with Crippen molar-refractivity contribution in [1.82, 2.24) is 0 Å². The normalized spacial score (nSPS) is 13.4. The SMILES string of the molecule is Cc1cc2cccc3c2c(c1C)-c1c(c(CC(C)(C)C(F)(F)F)c2ccccc2[n+]1C)O3. The highest BCUT2D eigenvalue weighted by molar-refractivity contribution is 6.05. The van der Waals surface area contributed by atoms with Crippen LogP contribution in [-0.4, -0.2) is 6.18 Å². The minimum Gasteiger partial charge on any atom is -0.449 e. The topological polar surface area (TPSA) is 13.1 Å². The Kier molecular flexibility index (Phi) is 4.36. The summed E-state index contributed by atoms with van der Waals surface area (Å²) in [6, 6.07) is 15.7. The van der Waals surface area contributed by atoms with E-state index in [0.717, 1.165) is 44.1 Å². The minimum absolute atomic E-state index is 0.170. The van der Waals surface area contributed by atoms with Crippen LogP contribution in [0.4, 0.5) is 13.2 Å². The lowest BCUT2D eigenvalue weighted by atomic mass is 9.82. The van der Waals surface area contributed by atoms with E-state index in [1.807, 2.05) is 43.4 Å². The van der Waals surface area contributed by atoms with Crippen molar-refractivity contribution in [1.29, 1.82) is 0 Å². The zero-order chi connectivity index (χ0) is 23.0. The number of fused-ring (bicyclic) bond motifs is 3. The van der Waals surface area contributed by atoms with Crippen LogP contribution in [0.25, 0.3) is 32.9 Å². The molecule has 0 unspecified atom stereocenters. The monoisotopic (exact) mass is 436 g/mol. The van der Waals surface area contributed by atoms with Gasteiger partial charge in [-0.05, 0) is 48.9 Å². The molecule has 0 aliphatic carbocycles. The Morgan fingerprint density at radius 2 is 1.69 bits per heavy atom. The number of para-hydroxylation sites is 1. The van der Waals surface area contributed by atoms with E-state index in [0.29, 0.717) is 17.1 Å². The van der Waals surface area contributed by atoms with E-state index in [-0.39, 0.29) is 6.42 Å². The third-order valence-electron chi connectivity index (χ3n) is 6.90. The zero-order valence-electron chi connectivity index (χ0n) is 18.8. The molecule has 3 aromatic carbocycles. The van der Waals surface area contributed by atoms with Crippen LogP contribution in [0, 0.1) is 19.3 Å². The molecule has 32 heavy (non-hydrogen) atoms. The Balaban J connectivity index is 1.94. The number of aromatic nitrogens is 1. The highest BCUT2D eigenvalue weighted by atomic mass is 19.4. The van der Waals surface area contributed by atoms with Gasteiger partial charge >= 0.3 is 6.18 Å². The summed E-state index contributed by atoms with van der Waals surface area (Å²) in [7, 11) is 1.96. The number of ether oxygens (including phenoxy) is 1. The van der Waals surface area contributed by atoms with Crippen LogP contribution in [-0.2, 0) is 13.5 Å². The third kappa shape index (κ3) is 2.83. The van der Waals surface area contributed by atoms with E-state index in [1.54, 1.807) is 0 Å². The average molecular weight is 436 g/mol. The van der Waals surface area contributed by atoms with Crippen LogP contribution in [0.5, 0.6) is 11.5 Å². The molecule has 5 heteroatoms. The van der Waals surface area contributed by atoms with Gasteiger partial charge in [0.1, 0.15) is 12.8 Å².